The maximum atomic E-state index is 12.2. The second kappa shape index (κ2) is 6.76. The van der Waals surface area contributed by atoms with E-state index in [1.165, 1.54) is 7.11 Å². The molecule has 0 bridgehead atoms. The van der Waals surface area contributed by atoms with Crippen molar-refractivity contribution in [2.75, 3.05) is 13.7 Å². The summed E-state index contributed by atoms with van der Waals surface area (Å²) in [5, 5.41) is 12.6. The van der Waals surface area contributed by atoms with E-state index >= 15 is 0 Å². The number of phenols is 1. The van der Waals surface area contributed by atoms with Crippen LogP contribution < -0.4 is 5.32 Å². The van der Waals surface area contributed by atoms with Gasteiger partial charge in [-0.1, -0.05) is 0 Å². The van der Waals surface area contributed by atoms with Crippen LogP contribution in [0.5, 0.6) is 5.75 Å². The molecule has 1 heterocycles. The number of amides is 1. The number of thiocarbonyl (C=S) groups is 1. The van der Waals surface area contributed by atoms with Gasteiger partial charge in [-0.2, -0.15) is 0 Å². The van der Waals surface area contributed by atoms with Gasteiger partial charge in [0.15, 0.2) is 5.11 Å². The molecular weight excluding hydrogens is 440 g/mol. The summed E-state index contributed by atoms with van der Waals surface area (Å²) in [4.78, 5) is 24.6. The predicted molar refractivity (Wildman–Crippen MR) is 90.9 cm³/mol. The molecule has 2 rings (SSSR count). The molecule has 0 atom stereocenters. The van der Waals surface area contributed by atoms with E-state index in [1.807, 2.05) is 0 Å². The van der Waals surface area contributed by atoms with Crippen LogP contribution in [-0.4, -0.2) is 40.6 Å². The molecular formula is C13H10Br2N2O4S. The number of methoxy groups -OCH3 is 1. The number of esters is 1. The van der Waals surface area contributed by atoms with Crippen molar-refractivity contribution in [3.8, 4) is 5.75 Å². The molecule has 2 N–H and O–H groups in total. The van der Waals surface area contributed by atoms with Crippen molar-refractivity contribution >= 4 is 67.1 Å². The molecule has 0 aliphatic carbocycles. The van der Waals surface area contributed by atoms with Gasteiger partial charge in [0.05, 0.1) is 16.1 Å². The third-order valence-corrected chi connectivity index (χ3v) is 4.36. The molecule has 0 saturated carbocycles. The second-order valence-corrected chi connectivity index (χ2v) is 6.38. The smallest absolute Gasteiger partial charge is 0.325 e. The van der Waals surface area contributed by atoms with Gasteiger partial charge >= 0.3 is 5.97 Å². The summed E-state index contributed by atoms with van der Waals surface area (Å²) in [6.07, 6.45) is 1.57. The van der Waals surface area contributed by atoms with Gasteiger partial charge in [-0.15, -0.1) is 0 Å². The number of rotatable bonds is 3. The Balaban J connectivity index is 2.28. The molecule has 1 aliphatic rings. The van der Waals surface area contributed by atoms with Crippen molar-refractivity contribution in [2.45, 2.75) is 0 Å². The van der Waals surface area contributed by atoms with E-state index in [1.54, 1.807) is 18.2 Å². The Morgan fingerprint density at radius 3 is 2.59 bits per heavy atom. The molecule has 116 valence electrons. The minimum Gasteiger partial charge on any atom is -0.506 e. The number of hydrogen-bond donors (Lipinski definition) is 2. The van der Waals surface area contributed by atoms with Crippen molar-refractivity contribution in [1.82, 2.24) is 10.2 Å². The Bertz CT molecular complexity index is 682. The summed E-state index contributed by atoms with van der Waals surface area (Å²) in [6, 6.07) is 3.29. The number of carbonyl (C=O) groups is 2. The fraction of sp³-hybridized carbons (Fsp3) is 0.154. The predicted octanol–water partition coefficient (Wildman–Crippen LogP) is 2.15. The zero-order valence-electron chi connectivity index (χ0n) is 11.2. The first-order valence-corrected chi connectivity index (χ1v) is 7.92. The molecule has 22 heavy (non-hydrogen) atoms. The molecule has 0 spiro atoms. The number of hydrogen-bond acceptors (Lipinski definition) is 5. The van der Waals surface area contributed by atoms with Gasteiger partial charge in [0, 0.05) is 0 Å². The highest BCUT2D eigenvalue weighted by Crippen LogP contribution is 2.34. The van der Waals surface area contributed by atoms with E-state index in [-0.39, 0.29) is 23.1 Å². The Hall–Kier alpha value is -1.45. The first kappa shape index (κ1) is 16.9. The molecule has 6 nitrogen and oxygen atoms in total. The minimum atomic E-state index is -0.561. The van der Waals surface area contributed by atoms with Crippen LogP contribution in [0.3, 0.4) is 0 Å². The van der Waals surface area contributed by atoms with E-state index in [0.717, 1.165) is 4.90 Å². The molecule has 1 aliphatic heterocycles. The molecule has 0 unspecified atom stereocenters. The molecule has 0 radical (unpaired) electrons. The zero-order chi connectivity index (χ0) is 16.4. The monoisotopic (exact) mass is 448 g/mol. The molecule has 9 heteroatoms. The van der Waals surface area contributed by atoms with Crippen LogP contribution in [-0.2, 0) is 14.3 Å². The summed E-state index contributed by atoms with van der Waals surface area (Å²) in [5.74, 6) is -0.916. The maximum Gasteiger partial charge on any atom is 0.325 e. The van der Waals surface area contributed by atoms with Crippen LogP contribution in [0, 0.1) is 0 Å². The molecule has 1 saturated heterocycles. The first-order valence-electron chi connectivity index (χ1n) is 5.93. The molecule has 1 aromatic carbocycles. The molecule has 0 aromatic heterocycles. The lowest BCUT2D eigenvalue weighted by molar-refractivity contribution is -0.143. The summed E-state index contributed by atoms with van der Waals surface area (Å²) < 4.78 is 5.49. The van der Waals surface area contributed by atoms with Crippen LogP contribution in [0.25, 0.3) is 6.08 Å². The number of halogens is 2. The summed E-state index contributed by atoms with van der Waals surface area (Å²) in [7, 11) is 1.24. The largest absolute Gasteiger partial charge is 0.506 e. The van der Waals surface area contributed by atoms with Gasteiger partial charge in [-0.3, -0.25) is 14.5 Å². The number of benzene rings is 1. The third kappa shape index (κ3) is 3.47. The highest BCUT2D eigenvalue weighted by Gasteiger charge is 2.32. The zero-order valence-corrected chi connectivity index (χ0v) is 15.2. The fourth-order valence-electron chi connectivity index (χ4n) is 1.74. The van der Waals surface area contributed by atoms with Crippen LogP contribution in [0.1, 0.15) is 5.56 Å². The number of phenolic OH excluding ortho intramolecular Hbond substituents is 1. The van der Waals surface area contributed by atoms with Crippen molar-refractivity contribution < 1.29 is 19.4 Å². The van der Waals surface area contributed by atoms with Crippen molar-refractivity contribution in [1.29, 1.82) is 0 Å². The third-order valence-electron chi connectivity index (χ3n) is 2.83. The SMILES string of the molecule is COC(=O)CN1C(=O)/C(=C/c2cc(Br)c(O)c(Br)c2)NC1=S. The summed E-state index contributed by atoms with van der Waals surface area (Å²) in [6.45, 7) is -0.249. The van der Waals surface area contributed by atoms with Crippen molar-refractivity contribution in [3.63, 3.8) is 0 Å². The van der Waals surface area contributed by atoms with E-state index in [0.29, 0.717) is 14.5 Å². The van der Waals surface area contributed by atoms with Crippen LogP contribution in [0.2, 0.25) is 0 Å². The van der Waals surface area contributed by atoms with Crippen molar-refractivity contribution in [3.05, 3.63) is 32.3 Å². The lowest BCUT2D eigenvalue weighted by Crippen LogP contribution is -2.35. The van der Waals surface area contributed by atoms with Gasteiger partial charge < -0.3 is 15.2 Å². The lowest BCUT2D eigenvalue weighted by Gasteiger charge is -2.11. The Kier molecular flexibility index (Phi) is 5.20. The van der Waals surface area contributed by atoms with Crippen LogP contribution >= 0.6 is 44.1 Å². The fourth-order valence-corrected chi connectivity index (χ4v) is 3.22. The highest BCUT2D eigenvalue weighted by molar-refractivity contribution is 9.11. The second-order valence-electron chi connectivity index (χ2n) is 4.29. The summed E-state index contributed by atoms with van der Waals surface area (Å²) >= 11 is 11.5. The normalized spacial score (nSPS) is 16.1. The van der Waals surface area contributed by atoms with Gasteiger partial charge in [0.25, 0.3) is 5.91 Å². The molecule has 1 aromatic rings. The lowest BCUT2D eigenvalue weighted by atomic mass is 10.2. The molecule has 1 fully saturated rings. The van der Waals surface area contributed by atoms with Gasteiger partial charge in [0.2, 0.25) is 0 Å². The first-order chi connectivity index (χ1) is 10.3. The Labute approximate surface area is 148 Å². The standard InChI is InChI=1S/C13H10Br2N2O4S/c1-21-10(18)5-17-12(20)9(16-13(17)22)4-6-2-7(14)11(19)8(15)3-6/h2-4,19H,5H2,1H3,(H,16,22)/b9-4-. The van der Waals surface area contributed by atoms with Crippen molar-refractivity contribution in [2.24, 2.45) is 0 Å². The Morgan fingerprint density at radius 2 is 2.05 bits per heavy atom. The average Bonchev–Trinajstić information content (AvgIpc) is 2.72. The van der Waals surface area contributed by atoms with E-state index in [9.17, 15) is 14.7 Å². The summed E-state index contributed by atoms with van der Waals surface area (Å²) in [5.41, 5.74) is 0.897. The highest BCUT2D eigenvalue weighted by atomic mass is 79.9. The maximum absolute atomic E-state index is 12.2. The topological polar surface area (TPSA) is 78.9 Å². The van der Waals surface area contributed by atoms with E-state index in [4.69, 9.17) is 12.2 Å². The van der Waals surface area contributed by atoms with Gasteiger partial charge in [-0.05, 0) is 67.8 Å². The quantitative estimate of drug-likeness (QED) is 0.418. The average molecular weight is 450 g/mol. The van der Waals surface area contributed by atoms with Gasteiger partial charge in [0.1, 0.15) is 18.0 Å². The van der Waals surface area contributed by atoms with Crippen LogP contribution in [0.4, 0.5) is 0 Å². The van der Waals surface area contributed by atoms with E-state index in [2.05, 4.69) is 41.9 Å². The van der Waals surface area contributed by atoms with Crippen LogP contribution in [0.15, 0.2) is 26.8 Å². The number of aromatic hydroxyl groups is 1. The molecule has 1 amide bonds. The van der Waals surface area contributed by atoms with Gasteiger partial charge in [-0.25, -0.2) is 0 Å². The number of carbonyl (C=O) groups excluding carboxylic acids is 2. The minimum absolute atomic E-state index is 0.0655. The number of nitrogens with one attached hydrogen (secondary N) is 1. The number of nitrogens with zero attached hydrogens (tertiary/aromatic N) is 1. The Morgan fingerprint density at radius 1 is 1.45 bits per heavy atom. The number of ether oxygens (including phenoxy) is 1. The van der Waals surface area contributed by atoms with E-state index < -0.39 is 11.9 Å².